The highest BCUT2D eigenvalue weighted by Crippen LogP contribution is 2.42. The predicted octanol–water partition coefficient (Wildman–Crippen LogP) is -0.408. The van der Waals surface area contributed by atoms with Crippen molar-refractivity contribution in [3.63, 3.8) is 0 Å². The molecule has 0 unspecified atom stereocenters. The third-order valence-electron chi connectivity index (χ3n) is 5.37. The molecule has 9 heteroatoms. The Morgan fingerprint density at radius 1 is 1.38 bits per heavy atom. The molecule has 2 saturated heterocycles. The SMILES string of the molecule is CN1C(=O)C[C@@H](C(=O)O)C12CCN(C(=O)CCn1cncn1)CC2. The van der Waals surface area contributed by atoms with Crippen LogP contribution in [0.3, 0.4) is 0 Å². The molecule has 2 aliphatic rings. The molecular formula is C15H21N5O4. The first-order valence-corrected chi connectivity index (χ1v) is 8.04. The van der Waals surface area contributed by atoms with Crippen molar-refractivity contribution in [2.75, 3.05) is 20.1 Å². The quantitative estimate of drug-likeness (QED) is 0.801. The third-order valence-corrected chi connectivity index (χ3v) is 5.37. The lowest BCUT2D eigenvalue weighted by Crippen LogP contribution is -2.57. The van der Waals surface area contributed by atoms with Crippen LogP contribution < -0.4 is 0 Å². The summed E-state index contributed by atoms with van der Waals surface area (Å²) in [4.78, 5) is 43.0. The van der Waals surface area contributed by atoms with Crippen molar-refractivity contribution in [3.05, 3.63) is 12.7 Å². The van der Waals surface area contributed by atoms with Gasteiger partial charge < -0.3 is 14.9 Å². The number of carbonyl (C=O) groups excluding carboxylic acids is 2. The van der Waals surface area contributed by atoms with E-state index < -0.39 is 17.4 Å². The predicted molar refractivity (Wildman–Crippen MR) is 81.7 cm³/mol. The Hall–Kier alpha value is -2.45. The summed E-state index contributed by atoms with van der Waals surface area (Å²) in [5.41, 5.74) is -0.661. The minimum atomic E-state index is -0.932. The van der Waals surface area contributed by atoms with Crippen LogP contribution in [-0.2, 0) is 20.9 Å². The lowest BCUT2D eigenvalue weighted by Gasteiger charge is -2.45. The Balaban J connectivity index is 1.61. The Morgan fingerprint density at radius 3 is 2.67 bits per heavy atom. The Bertz CT molecular complexity index is 636. The number of hydrogen-bond donors (Lipinski definition) is 1. The molecule has 1 aromatic rings. The monoisotopic (exact) mass is 335 g/mol. The van der Waals surface area contributed by atoms with Crippen LogP contribution >= 0.6 is 0 Å². The second-order valence-electron chi connectivity index (χ2n) is 6.44. The molecular weight excluding hydrogens is 314 g/mol. The van der Waals surface area contributed by atoms with Crippen molar-refractivity contribution in [3.8, 4) is 0 Å². The summed E-state index contributed by atoms with van der Waals surface area (Å²) in [6.07, 6.45) is 4.37. The van der Waals surface area contributed by atoms with Crippen LogP contribution in [0, 0.1) is 5.92 Å². The lowest BCUT2D eigenvalue weighted by molar-refractivity contribution is -0.147. The van der Waals surface area contributed by atoms with Crippen LogP contribution in [0.15, 0.2) is 12.7 Å². The van der Waals surface area contributed by atoms with Gasteiger partial charge in [0.1, 0.15) is 12.7 Å². The van der Waals surface area contributed by atoms with Crippen LogP contribution in [0.2, 0.25) is 0 Å². The van der Waals surface area contributed by atoms with Gasteiger partial charge in [-0.1, -0.05) is 0 Å². The highest BCUT2D eigenvalue weighted by Gasteiger charge is 2.55. The largest absolute Gasteiger partial charge is 0.481 e. The van der Waals surface area contributed by atoms with E-state index in [9.17, 15) is 19.5 Å². The van der Waals surface area contributed by atoms with Gasteiger partial charge in [-0.25, -0.2) is 4.98 Å². The van der Waals surface area contributed by atoms with Crippen molar-refractivity contribution in [2.45, 2.75) is 37.8 Å². The number of carbonyl (C=O) groups is 3. The minimum absolute atomic E-state index is 0.0131. The molecule has 0 aromatic carbocycles. The number of amides is 2. The average molecular weight is 335 g/mol. The summed E-state index contributed by atoms with van der Waals surface area (Å²) in [6.45, 7) is 1.41. The molecule has 130 valence electrons. The summed E-state index contributed by atoms with van der Waals surface area (Å²) in [5.74, 6) is -1.74. The first-order chi connectivity index (χ1) is 11.4. The van der Waals surface area contributed by atoms with E-state index in [1.807, 2.05) is 0 Å². The summed E-state index contributed by atoms with van der Waals surface area (Å²) in [7, 11) is 1.67. The Kier molecular flexibility index (Phi) is 4.25. The highest BCUT2D eigenvalue weighted by molar-refractivity contribution is 5.88. The van der Waals surface area contributed by atoms with Crippen molar-refractivity contribution >= 4 is 17.8 Å². The number of rotatable bonds is 4. The number of aliphatic carboxylic acids is 1. The van der Waals surface area contributed by atoms with E-state index in [4.69, 9.17) is 0 Å². The van der Waals surface area contributed by atoms with Gasteiger partial charge in [0.2, 0.25) is 11.8 Å². The van der Waals surface area contributed by atoms with E-state index in [0.717, 1.165) is 0 Å². The van der Waals surface area contributed by atoms with Gasteiger partial charge in [0.05, 0.1) is 18.0 Å². The molecule has 24 heavy (non-hydrogen) atoms. The van der Waals surface area contributed by atoms with Gasteiger partial charge in [0.15, 0.2) is 0 Å². The molecule has 1 N–H and O–H groups in total. The molecule has 3 rings (SSSR count). The number of nitrogens with zero attached hydrogens (tertiary/aromatic N) is 5. The van der Waals surface area contributed by atoms with E-state index >= 15 is 0 Å². The fourth-order valence-electron chi connectivity index (χ4n) is 3.84. The number of hydrogen-bond acceptors (Lipinski definition) is 5. The zero-order valence-electron chi connectivity index (χ0n) is 13.6. The molecule has 0 bridgehead atoms. The summed E-state index contributed by atoms with van der Waals surface area (Å²) in [5, 5.41) is 13.4. The molecule has 3 heterocycles. The second kappa shape index (κ2) is 6.21. The molecule has 9 nitrogen and oxygen atoms in total. The molecule has 0 aliphatic carbocycles. The normalized spacial score (nSPS) is 23.0. The van der Waals surface area contributed by atoms with E-state index in [1.54, 1.807) is 27.9 Å². The maximum atomic E-state index is 12.3. The second-order valence-corrected chi connectivity index (χ2v) is 6.44. The number of aromatic nitrogens is 3. The number of likely N-dealkylation sites (tertiary alicyclic amines) is 2. The smallest absolute Gasteiger partial charge is 0.309 e. The summed E-state index contributed by atoms with van der Waals surface area (Å²) < 4.78 is 1.60. The molecule has 1 aromatic heterocycles. The van der Waals surface area contributed by atoms with Crippen molar-refractivity contribution < 1.29 is 19.5 Å². The number of aryl methyl sites for hydroxylation is 1. The number of piperidine rings is 1. The van der Waals surface area contributed by atoms with Crippen LogP contribution in [0.1, 0.15) is 25.7 Å². The summed E-state index contributed by atoms with van der Waals surface area (Å²) in [6, 6.07) is 0. The Morgan fingerprint density at radius 2 is 2.08 bits per heavy atom. The van der Waals surface area contributed by atoms with E-state index in [2.05, 4.69) is 10.1 Å². The number of carboxylic acid groups (broad SMARTS) is 1. The van der Waals surface area contributed by atoms with Crippen molar-refractivity contribution in [1.29, 1.82) is 0 Å². The zero-order valence-corrected chi connectivity index (χ0v) is 13.6. The van der Waals surface area contributed by atoms with Crippen LogP contribution in [0.5, 0.6) is 0 Å². The molecule has 2 amide bonds. The van der Waals surface area contributed by atoms with Gasteiger partial charge >= 0.3 is 5.97 Å². The molecule has 1 atom stereocenters. The lowest BCUT2D eigenvalue weighted by atomic mass is 9.77. The summed E-state index contributed by atoms with van der Waals surface area (Å²) >= 11 is 0. The van der Waals surface area contributed by atoms with Gasteiger partial charge in [-0.15, -0.1) is 0 Å². The van der Waals surface area contributed by atoms with Crippen LogP contribution in [-0.4, -0.2) is 73.1 Å². The topological polar surface area (TPSA) is 109 Å². The fourth-order valence-corrected chi connectivity index (χ4v) is 3.84. The van der Waals surface area contributed by atoms with Gasteiger partial charge in [0.25, 0.3) is 0 Å². The van der Waals surface area contributed by atoms with Crippen LogP contribution in [0.4, 0.5) is 0 Å². The van der Waals surface area contributed by atoms with E-state index in [-0.39, 0.29) is 18.2 Å². The first kappa shape index (κ1) is 16.4. The minimum Gasteiger partial charge on any atom is -0.481 e. The molecule has 2 fully saturated rings. The van der Waals surface area contributed by atoms with Gasteiger partial charge in [-0.3, -0.25) is 19.1 Å². The van der Waals surface area contributed by atoms with Gasteiger partial charge in [-0.05, 0) is 12.8 Å². The number of carboxylic acids is 1. The molecule has 2 aliphatic heterocycles. The Labute approximate surface area is 139 Å². The van der Waals surface area contributed by atoms with E-state index in [0.29, 0.717) is 38.9 Å². The highest BCUT2D eigenvalue weighted by atomic mass is 16.4. The fraction of sp³-hybridized carbons (Fsp3) is 0.667. The third kappa shape index (κ3) is 2.74. The average Bonchev–Trinajstić information content (AvgIpc) is 3.17. The maximum absolute atomic E-state index is 12.3. The first-order valence-electron chi connectivity index (χ1n) is 8.04. The van der Waals surface area contributed by atoms with E-state index in [1.165, 1.54) is 6.33 Å². The van der Waals surface area contributed by atoms with Gasteiger partial charge in [-0.2, -0.15) is 5.10 Å². The van der Waals surface area contributed by atoms with Crippen LogP contribution in [0.25, 0.3) is 0 Å². The van der Waals surface area contributed by atoms with Gasteiger partial charge in [0, 0.05) is 33.0 Å². The standard InChI is InChI=1S/C15H21N5O4/c1-18-13(22)8-11(14(23)24)15(18)3-6-19(7-4-15)12(21)2-5-20-10-16-9-17-20/h9-11H,2-8H2,1H3,(H,23,24)/t11-/m0/s1. The van der Waals surface area contributed by atoms with Crippen molar-refractivity contribution in [2.24, 2.45) is 5.92 Å². The molecule has 1 spiro atoms. The zero-order chi connectivity index (χ0) is 17.3. The maximum Gasteiger partial charge on any atom is 0.309 e. The molecule has 0 saturated carbocycles. The van der Waals surface area contributed by atoms with Crippen molar-refractivity contribution in [1.82, 2.24) is 24.6 Å². The molecule has 0 radical (unpaired) electrons.